The number of halogens is 1. The molecule has 2 saturated heterocycles. The maximum absolute atomic E-state index is 12.9. The highest BCUT2D eigenvalue weighted by Gasteiger charge is 2.29. The van der Waals surface area contributed by atoms with Crippen LogP contribution in [0.2, 0.25) is 5.02 Å². The number of amides is 2. The third-order valence-electron chi connectivity index (χ3n) is 5.77. The molecule has 0 aliphatic carbocycles. The Morgan fingerprint density at radius 2 is 1.74 bits per heavy atom. The third kappa shape index (κ3) is 4.64. The van der Waals surface area contributed by atoms with Gasteiger partial charge in [0.25, 0.3) is 11.6 Å². The second kappa shape index (κ2) is 8.93. The standard InChI is InChI=1S/C22H23ClN4O4/c23-17-5-3-16(4-6-17)14-26-12-11-25(15-21(26)28)18-7-8-20(27(30)31)19(13-18)22(29)24-9-1-2-10-24/h3-8,13H,1-2,9-12,14-15H2. The van der Waals surface area contributed by atoms with Gasteiger partial charge in [0.2, 0.25) is 5.91 Å². The Morgan fingerprint density at radius 3 is 2.39 bits per heavy atom. The molecule has 0 bridgehead atoms. The number of likely N-dealkylation sites (tertiary alicyclic amines) is 1. The number of piperazine rings is 1. The minimum absolute atomic E-state index is 0.0352. The summed E-state index contributed by atoms with van der Waals surface area (Å²) in [5.41, 5.74) is 1.53. The molecule has 0 N–H and O–H groups in total. The van der Waals surface area contributed by atoms with Gasteiger partial charge in [-0.1, -0.05) is 23.7 Å². The normalized spacial score (nSPS) is 16.7. The van der Waals surface area contributed by atoms with Crippen molar-refractivity contribution in [2.75, 3.05) is 37.6 Å². The fraction of sp³-hybridized carbons (Fsp3) is 0.364. The fourth-order valence-electron chi connectivity index (χ4n) is 4.05. The topological polar surface area (TPSA) is 87.0 Å². The molecule has 0 spiro atoms. The first-order valence-electron chi connectivity index (χ1n) is 10.3. The lowest BCUT2D eigenvalue weighted by atomic mass is 10.1. The van der Waals surface area contributed by atoms with Gasteiger partial charge in [0.05, 0.1) is 11.5 Å². The molecule has 2 fully saturated rings. The predicted octanol–water partition coefficient (Wildman–Crippen LogP) is 3.33. The van der Waals surface area contributed by atoms with E-state index in [-0.39, 0.29) is 29.6 Å². The number of carbonyl (C=O) groups excluding carboxylic acids is 2. The number of rotatable bonds is 5. The molecule has 0 aromatic heterocycles. The number of anilines is 1. The summed E-state index contributed by atoms with van der Waals surface area (Å²) in [5.74, 6) is -0.356. The van der Waals surface area contributed by atoms with Crippen LogP contribution in [0.1, 0.15) is 28.8 Å². The molecule has 0 saturated carbocycles. The Bertz CT molecular complexity index is 1010. The van der Waals surface area contributed by atoms with E-state index in [0.29, 0.717) is 43.4 Å². The molecule has 2 aromatic carbocycles. The van der Waals surface area contributed by atoms with Gasteiger partial charge in [-0.15, -0.1) is 0 Å². The number of nitro benzene ring substituents is 1. The molecular formula is C22H23ClN4O4. The van der Waals surface area contributed by atoms with Gasteiger partial charge in [0.1, 0.15) is 5.56 Å². The van der Waals surface area contributed by atoms with Crippen LogP contribution < -0.4 is 4.90 Å². The van der Waals surface area contributed by atoms with E-state index in [1.165, 1.54) is 6.07 Å². The molecule has 0 radical (unpaired) electrons. The van der Waals surface area contributed by atoms with E-state index < -0.39 is 4.92 Å². The first kappa shape index (κ1) is 21.1. The molecule has 0 atom stereocenters. The second-order valence-corrected chi connectivity index (χ2v) is 8.26. The van der Waals surface area contributed by atoms with Crippen LogP contribution in [0.3, 0.4) is 0 Å². The third-order valence-corrected chi connectivity index (χ3v) is 6.02. The lowest BCUT2D eigenvalue weighted by Crippen LogP contribution is -2.50. The minimum Gasteiger partial charge on any atom is -0.360 e. The van der Waals surface area contributed by atoms with Crippen LogP contribution in [0.15, 0.2) is 42.5 Å². The maximum atomic E-state index is 12.9. The molecule has 0 unspecified atom stereocenters. The van der Waals surface area contributed by atoms with E-state index in [1.807, 2.05) is 17.0 Å². The summed E-state index contributed by atoms with van der Waals surface area (Å²) < 4.78 is 0. The number of hydrogen-bond acceptors (Lipinski definition) is 5. The summed E-state index contributed by atoms with van der Waals surface area (Å²) in [4.78, 5) is 41.8. The van der Waals surface area contributed by atoms with Crippen LogP contribution in [0.25, 0.3) is 0 Å². The molecule has 2 aromatic rings. The Labute approximate surface area is 185 Å². The molecule has 4 rings (SSSR count). The zero-order chi connectivity index (χ0) is 22.0. The second-order valence-electron chi connectivity index (χ2n) is 7.82. The van der Waals surface area contributed by atoms with Gasteiger partial charge in [0.15, 0.2) is 0 Å². The Kier molecular flexibility index (Phi) is 6.08. The lowest BCUT2D eigenvalue weighted by molar-refractivity contribution is -0.385. The molecule has 9 heteroatoms. The van der Waals surface area contributed by atoms with Crippen LogP contribution in [0, 0.1) is 10.1 Å². The van der Waals surface area contributed by atoms with Gasteiger partial charge in [-0.05, 0) is 42.7 Å². The zero-order valence-electron chi connectivity index (χ0n) is 17.0. The number of hydrogen-bond donors (Lipinski definition) is 0. The van der Waals surface area contributed by atoms with E-state index in [2.05, 4.69) is 0 Å². The lowest BCUT2D eigenvalue weighted by Gasteiger charge is -2.36. The molecular weight excluding hydrogens is 420 g/mol. The summed E-state index contributed by atoms with van der Waals surface area (Å²) in [6.45, 7) is 2.98. The van der Waals surface area contributed by atoms with Crippen molar-refractivity contribution in [1.29, 1.82) is 0 Å². The van der Waals surface area contributed by atoms with E-state index in [1.54, 1.807) is 34.1 Å². The van der Waals surface area contributed by atoms with Crippen LogP contribution >= 0.6 is 11.6 Å². The van der Waals surface area contributed by atoms with Crippen LogP contribution in [-0.2, 0) is 11.3 Å². The Morgan fingerprint density at radius 1 is 1.03 bits per heavy atom. The van der Waals surface area contributed by atoms with Gasteiger partial charge in [-0.3, -0.25) is 19.7 Å². The fourth-order valence-corrected chi connectivity index (χ4v) is 4.17. The Balaban J connectivity index is 1.50. The number of carbonyl (C=O) groups is 2. The quantitative estimate of drug-likeness (QED) is 0.523. The first-order chi connectivity index (χ1) is 14.9. The van der Waals surface area contributed by atoms with E-state index in [4.69, 9.17) is 11.6 Å². The highest BCUT2D eigenvalue weighted by molar-refractivity contribution is 6.30. The predicted molar refractivity (Wildman–Crippen MR) is 117 cm³/mol. The average molecular weight is 443 g/mol. The molecule has 162 valence electrons. The molecule has 2 heterocycles. The highest BCUT2D eigenvalue weighted by atomic mass is 35.5. The summed E-state index contributed by atoms with van der Waals surface area (Å²) in [6, 6.07) is 11.9. The number of benzene rings is 2. The molecule has 8 nitrogen and oxygen atoms in total. The first-order valence-corrected chi connectivity index (χ1v) is 10.6. The smallest absolute Gasteiger partial charge is 0.282 e. The Hall–Kier alpha value is -3.13. The van der Waals surface area contributed by atoms with Crippen molar-refractivity contribution in [1.82, 2.24) is 9.80 Å². The largest absolute Gasteiger partial charge is 0.360 e. The molecule has 2 aliphatic heterocycles. The summed E-state index contributed by atoms with van der Waals surface area (Å²) >= 11 is 5.92. The van der Waals surface area contributed by atoms with Crippen molar-refractivity contribution in [3.63, 3.8) is 0 Å². The average Bonchev–Trinajstić information content (AvgIpc) is 3.30. The van der Waals surface area contributed by atoms with Gasteiger partial charge in [0, 0.05) is 49.5 Å². The van der Waals surface area contributed by atoms with E-state index in [0.717, 1.165) is 18.4 Å². The van der Waals surface area contributed by atoms with Crippen molar-refractivity contribution in [3.8, 4) is 0 Å². The zero-order valence-corrected chi connectivity index (χ0v) is 17.8. The molecule has 2 amide bonds. The van der Waals surface area contributed by atoms with Crippen molar-refractivity contribution < 1.29 is 14.5 Å². The van der Waals surface area contributed by atoms with E-state index >= 15 is 0 Å². The van der Waals surface area contributed by atoms with Gasteiger partial charge < -0.3 is 14.7 Å². The summed E-state index contributed by atoms with van der Waals surface area (Å²) in [5, 5.41) is 12.1. The van der Waals surface area contributed by atoms with Crippen molar-refractivity contribution in [3.05, 3.63) is 68.7 Å². The highest BCUT2D eigenvalue weighted by Crippen LogP contribution is 2.28. The van der Waals surface area contributed by atoms with Gasteiger partial charge >= 0.3 is 0 Å². The van der Waals surface area contributed by atoms with Crippen LogP contribution in [0.5, 0.6) is 0 Å². The molecule has 2 aliphatic rings. The van der Waals surface area contributed by atoms with Gasteiger partial charge in [-0.25, -0.2) is 0 Å². The summed E-state index contributed by atoms with van der Waals surface area (Å²) in [7, 11) is 0. The van der Waals surface area contributed by atoms with Crippen molar-refractivity contribution >= 4 is 34.8 Å². The SMILES string of the molecule is O=C1CN(c2ccc([N+](=O)[O-])c(C(=O)N3CCCC3)c2)CCN1Cc1ccc(Cl)cc1. The van der Waals surface area contributed by atoms with Crippen molar-refractivity contribution in [2.24, 2.45) is 0 Å². The van der Waals surface area contributed by atoms with Crippen LogP contribution in [-0.4, -0.2) is 59.3 Å². The number of nitro groups is 1. The maximum Gasteiger partial charge on any atom is 0.282 e. The van der Waals surface area contributed by atoms with E-state index in [9.17, 15) is 19.7 Å². The monoisotopic (exact) mass is 442 g/mol. The minimum atomic E-state index is -0.526. The summed E-state index contributed by atoms with van der Waals surface area (Å²) in [6.07, 6.45) is 1.81. The molecule has 31 heavy (non-hydrogen) atoms. The van der Waals surface area contributed by atoms with Crippen molar-refractivity contribution in [2.45, 2.75) is 19.4 Å². The van der Waals surface area contributed by atoms with Gasteiger partial charge in [-0.2, -0.15) is 0 Å². The number of nitrogens with zero attached hydrogens (tertiary/aromatic N) is 4. The van der Waals surface area contributed by atoms with Crippen LogP contribution in [0.4, 0.5) is 11.4 Å².